The van der Waals surface area contributed by atoms with Gasteiger partial charge in [0, 0.05) is 49.4 Å². The fourth-order valence-electron chi connectivity index (χ4n) is 2.31. The molecule has 0 aliphatic carbocycles. The molecular formula is C15H17ClN4. The molecule has 0 aliphatic heterocycles. The van der Waals surface area contributed by atoms with Crippen molar-refractivity contribution in [3.63, 3.8) is 0 Å². The highest BCUT2D eigenvalue weighted by molar-refractivity contribution is 6.36. The van der Waals surface area contributed by atoms with Crippen LogP contribution in [0.1, 0.15) is 11.4 Å². The van der Waals surface area contributed by atoms with Crippen molar-refractivity contribution in [3.8, 4) is 0 Å². The first kappa shape index (κ1) is 13.2. The van der Waals surface area contributed by atoms with Crippen LogP contribution in [0, 0.1) is 0 Å². The Morgan fingerprint density at radius 3 is 2.90 bits per heavy atom. The number of hydrogen-bond donors (Lipinski definition) is 2. The highest BCUT2D eigenvalue weighted by atomic mass is 35.5. The largest absolute Gasteiger partial charge is 0.356 e. The molecule has 3 rings (SSSR count). The number of nitrogens with one attached hydrogen (secondary N) is 2. The Hall–Kier alpha value is -1.78. The predicted octanol–water partition coefficient (Wildman–Crippen LogP) is 2.89. The zero-order valence-electron chi connectivity index (χ0n) is 11.4. The van der Waals surface area contributed by atoms with E-state index in [1.807, 2.05) is 48.3 Å². The summed E-state index contributed by atoms with van der Waals surface area (Å²) in [6, 6.07) is 10.1. The molecule has 1 aromatic carbocycles. The van der Waals surface area contributed by atoms with Crippen LogP contribution in [0.25, 0.3) is 10.9 Å². The molecule has 0 unspecified atom stereocenters. The predicted molar refractivity (Wildman–Crippen MR) is 81.9 cm³/mol. The molecule has 0 bridgehead atoms. The Balaban J connectivity index is 1.58. The van der Waals surface area contributed by atoms with Gasteiger partial charge in [0.1, 0.15) is 0 Å². The number of halogens is 1. The summed E-state index contributed by atoms with van der Waals surface area (Å²) in [7, 11) is 1.93. The Kier molecular flexibility index (Phi) is 3.76. The lowest BCUT2D eigenvalue weighted by molar-refractivity contribution is 0.659. The second-order valence-electron chi connectivity index (χ2n) is 4.87. The quantitative estimate of drug-likeness (QED) is 0.709. The van der Waals surface area contributed by atoms with Crippen LogP contribution >= 0.6 is 11.6 Å². The molecule has 2 N–H and O–H groups in total. The summed E-state index contributed by atoms with van der Waals surface area (Å²) in [4.78, 5) is 3.35. The summed E-state index contributed by atoms with van der Waals surface area (Å²) in [6.45, 7) is 1.61. The van der Waals surface area contributed by atoms with Crippen LogP contribution in [-0.2, 0) is 20.0 Å². The second-order valence-corrected chi connectivity index (χ2v) is 5.25. The third-order valence-corrected chi connectivity index (χ3v) is 3.77. The molecule has 104 valence electrons. The maximum atomic E-state index is 6.37. The minimum Gasteiger partial charge on any atom is -0.356 e. The topological polar surface area (TPSA) is 45.6 Å². The fraction of sp³-hybridized carbons (Fsp3) is 0.267. The SMILES string of the molecule is Cn1ccc(CCNCc2[nH]c3ccccc3c2Cl)n1. The van der Waals surface area contributed by atoms with Gasteiger partial charge < -0.3 is 10.3 Å². The molecule has 0 fully saturated rings. The van der Waals surface area contributed by atoms with Crippen LogP contribution < -0.4 is 5.32 Å². The Morgan fingerprint density at radius 1 is 1.30 bits per heavy atom. The number of aryl methyl sites for hydroxylation is 1. The van der Waals surface area contributed by atoms with Gasteiger partial charge in [-0.1, -0.05) is 29.8 Å². The molecule has 5 heteroatoms. The molecular weight excluding hydrogens is 272 g/mol. The van der Waals surface area contributed by atoms with E-state index in [0.29, 0.717) is 0 Å². The van der Waals surface area contributed by atoms with E-state index >= 15 is 0 Å². The minimum atomic E-state index is 0.736. The lowest BCUT2D eigenvalue weighted by Crippen LogP contribution is -2.17. The smallest absolute Gasteiger partial charge is 0.0705 e. The normalized spacial score (nSPS) is 11.3. The monoisotopic (exact) mass is 288 g/mol. The molecule has 0 aliphatic rings. The van der Waals surface area contributed by atoms with Crippen LogP contribution in [0.4, 0.5) is 0 Å². The number of H-pyrrole nitrogens is 1. The summed E-state index contributed by atoms with van der Waals surface area (Å²) in [5.41, 5.74) is 3.22. The van der Waals surface area contributed by atoms with Crippen molar-refractivity contribution in [2.75, 3.05) is 6.54 Å². The Labute approximate surface area is 122 Å². The van der Waals surface area contributed by atoms with Gasteiger partial charge in [-0.3, -0.25) is 4.68 Å². The van der Waals surface area contributed by atoms with Gasteiger partial charge in [-0.25, -0.2) is 0 Å². The third-order valence-electron chi connectivity index (χ3n) is 3.34. The van der Waals surface area contributed by atoms with Crippen LogP contribution in [0.15, 0.2) is 36.5 Å². The first-order chi connectivity index (χ1) is 9.74. The van der Waals surface area contributed by atoms with E-state index < -0.39 is 0 Å². The molecule has 0 saturated carbocycles. The van der Waals surface area contributed by atoms with Crippen molar-refractivity contribution in [2.45, 2.75) is 13.0 Å². The van der Waals surface area contributed by atoms with Gasteiger partial charge in [0.15, 0.2) is 0 Å². The summed E-state index contributed by atoms with van der Waals surface area (Å²) < 4.78 is 1.82. The van der Waals surface area contributed by atoms with Gasteiger partial charge in [-0.05, 0) is 12.1 Å². The maximum Gasteiger partial charge on any atom is 0.0705 e. The molecule has 0 atom stereocenters. The summed E-state index contributed by atoms with van der Waals surface area (Å²) in [6.07, 6.45) is 2.88. The van der Waals surface area contributed by atoms with Gasteiger partial charge in [0.2, 0.25) is 0 Å². The summed E-state index contributed by atoms with van der Waals surface area (Å²) in [5.74, 6) is 0. The van der Waals surface area contributed by atoms with Crippen molar-refractivity contribution in [2.24, 2.45) is 7.05 Å². The number of fused-ring (bicyclic) bond motifs is 1. The first-order valence-corrected chi connectivity index (χ1v) is 7.06. The van der Waals surface area contributed by atoms with E-state index in [1.54, 1.807) is 0 Å². The molecule has 0 amide bonds. The number of hydrogen-bond acceptors (Lipinski definition) is 2. The van der Waals surface area contributed by atoms with E-state index in [9.17, 15) is 0 Å². The number of aromatic amines is 1. The molecule has 0 spiro atoms. The van der Waals surface area contributed by atoms with Crippen molar-refractivity contribution in [1.82, 2.24) is 20.1 Å². The first-order valence-electron chi connectivity index (χ1n) is 6.68. The summed E-state index contributed by atoms with van der Waals surface area (Å²) in [5, 5.41) is 9.64. The standard InChI is InChI=1S/C15H17ClN4/c1-20-9-7-11(19-20)6-8-17-10-14-15(16)12-4-2-3-5-13(12)18-14/h2-5,7,9,17-18H,6,8,10H2,1H3. The average molecular weight is 289 g/mol. The molecule has 0 saturated heterocycles. The summed E-state index contributed by atoms with van der Waals surface area (Å²) >= 11 is 6.37. The van der Waals surface area contributed by atoms with Crippen molar-refractivity contribution in [1.29, 1.82) is 0 Å². The van der Waals surface area contributed by atoms with E-state index in [2.05, 4.69) is 15.4 Å². The zero-order valence-corrected chi connectivity index (χ0v) is 12.1. The maximum absolute atomic E-state index is 6.37. The van der Waals surface area contributed by atoms with Crippen LogP contribution in [-0.4, -0.2) is 21.3 Å². The van der Waals surface area contributed by atoms with E-state index in [4.69, 9.17) is 11.6 Å². The van der Waals surface area contributed by atoms with E-state index in [1.165, 1.54) is 0 Å². The third kappa shape index (κ3) is 2.71. The molecule has 3 aromatic rings. The van der Waals surface area contributed by atoms with Crippen molar-refractivity contribution >= 4 is 22.5 Å². The number of aromatic nitrogens is 3. The van der Waals surface area contributed by atoms with Crippen LogP contribution in [0.2, 0.25) is 5.02 Å². The second kappa shape index (κ2) is 5.69. The molecule has 20 heavy (non-hydrogen) atoms. The van der Waals surface area contributed by atoms with Crippen LogP contribution in [0.3, 0.4) is 0 Å². The van der Waals surface area contributed by atoms with E-state index in [-0.39, 0.29) is 0 Å². The molecule has 2 aromatic heterocycles. The van der Waals surface area contributed by atoms with Gasteiger partial charge in [-0.15, -0.1) is 0 Å². The van der Waals surface area contributed by atoms with Gasteiger partial charge >= 0.3 is 0 Å². The van der Waals surface area contributed by atoms with Gasteiger partial charge in [-0.2, -0.15) is 5.10 Å². The zero-order chi connectivity index (χ0) is 13.9. The highest BCUT2D eigenvalue weighted by Crippen LogP contribution is 2.26. The fourth-order valence-corrected chi connectivity index (χ4v) is 2.59. The molecule has 0 radical (unpaired) electrons. The Bertz CT molecular complexity index is 714. The lowest BCUT2D eigenvalue weighted by atomic mass is 10.2. The highest BCUT2D eigenvalue weighted by Gasteiger charge is 2.08. The molecule has 2 heterocycles. The van der Waals surface area contributed by atoms with E-state index in [0.717, 1.165) is 46.8 Å². The number of rotatable bonds is 5. The lowest BCUT2D eigenvalue weighted by Gasteiger charge is -2.02. The number of para-hydroxylation sites is 1. The molecule has 4 nitrogen and oxygen atoms in total. The Morgan fingerprint density at radius 2 is 2.15 bits per heavy atom. The number of nitrogens with zero attached hydrogens (tertiary/aromatic N) is 2. The van der Waals surface area contributed by atoms with Crippen molar-refractivity contribution < 1.29 is 0 Å². The van der Waals surface area contributed by atoms with Gasteiger partial charge in [0.25, 0.3) is 0 Å². The minimum absolute atomic E-state index is 0.736. The average Bonchev–Trinajstić information content (AvgIpc) is 3.00. The van der Waals surface area contributed by atoms with Gasteiger partial charge in [0.05, 0.1) is 10.7 Å². The number of benzene rings is 1. The van der Waals surface area contributed by atoms with Crippen LogP contribution in [0.5, 0.6) is 0 Å². The van der Waals surface area contributed by atoms with Crippen molar-refractivity contribution in [3.05, 3.63) is 52.9 Å².